The van der Waals surface area contributed by atoms with Crippen molar-refractivity contribution in [3.8, 4) is 0 Å². The van der Waals surface area contributed by atoms with E-state index in [1.54, 1.807) is 0 Å². The van der Waals surface area contributed by atoms with E-state index in [-0.39, 0.29) is 0 Å². The van der Waals surface area contributed by atoms with Crippen molar-refractivity contribution in [2.24, 2.45) is 0 Å². The van der Waals surface area contributed by atoms with Crippen molar-refractivity contribution in [1.29, 1.82) is 0 Å². The lowest BCUT2D eigenvalue weighted by Gasteiger charge is -2.48. The summed E-state index contributed by atoms with van der Waals surface area (Å²) in [4.78, 5) is 0. The maximum Gasteiger partial charge on any atom is 0.0103 e. The van der Waals surface area contributed by atoms with E-state index >= 15 is 0 Å². The van der Waals surface area contributed by atoms with Gasteiger partial charge in [0.05, 0.1) is 0 Å². The first kappa shape index (κ1) is 2.51. The first-order valence-corrected chi connectivity index (χ1v) is 2.90. The summed E-state index contributed by atoms with van der Waals surface area (Å²) in [6.45, 7) is 0. The summed E-state index contributed by atoms with van der Waals surface area (Å²) in [5.41, 5.74) is 0. The Bertz CT molecular complexity index is 40.4. The van der Waals surface area contributed by atoms with E-state index < -0.39 is 0 Å². The maximum absolute atomic E-state index is 2.41. The molecule has 27 valence electrons. The zero-order valence-electron chi connectivity index (χ0n) is 2.85. The highest BCUT2D eigenvalue weighted by atomic mass is 32.2. The molecule has 2 atom stereocenters. The molecule has 0 N–H and O–H groups in total. The zero-order valence-corrected chi connectivity index (χ0v) is 3.66. The Kier molecular flexibility index (Phi) is 0.280. The Labute approximate surface area is 35.9 Å². The standard InChI is InChI=1S/C4H5S/c1-3-2-4(1)5-3/h1,3-4H,2H2. The van der Waals surface area contributed by atoms with E-state index in [1.165, 1.54) is 6.42 Å². The van der Waals surface area contributed by atoms with Crippen LogP contribution in [-0.4, -0.2) is 10.5 Å². The fourth-order valence-electron chi connectivity index (χ4n) is 0.644. The van der Waals surface area contributed by atoms with Crippen molar-refractivity contribution in [2.75, 3.05) is 0 Å². The third kappa shape index (κ3) is 0.158. The third-order valence-corrected chi connectivity index (χ3v) is 2.64. The monoisotopic (exact) mass is 85.0 g/mol. The summed E-state index contributed by atoms with van der Waals surface area (Å²) in [5.74, 6) is 0. The molecule has 0 aromatic rings. The van der Waals surface area contributed by atoms with Gasteiger partial charge in [-0.25, -0.2) is 0 Å². The molecule has 3 fully saturated rings. The summed E-state index contributed by atoms with van der Waals surface area (Å²) >= 11 is 2.10. The molecule has 2 saturated heterocycles. The van der Waals surface area contributed by atoms with Crippen molar-refractivity contribution in [3.63, 3.8) is 0 Å². The summed E-state index contributed by atoms with van der Waals surface area (Å²) < 4.78 is 0. The van der Waals surface area contributed by atoms with Crippen LogP contribution in [0, 0.1) is 6.42 Å². The van der Waals surface area contributed by atoms with Crippen LogP contribution in [0.15, 0.2) is 0 Å². The van der Waals surface area contributed by atoms with Gasteiger partial charge in [0.2, 0.25) is 0 Å². The Morgan fingerprint density at radius 2 is 1.80 bits per heavy atom. The number of rotatable bonds is 0. The predicted octanol–water partition coefficient (Wildman–Crippen LogP) is 1.08. The Morgan fingerprint density at radius 3 is 1.80 bits per heavy atom. The van der Waals surface area contributed by atoms with Crippen molar-refractivity contribution in [3.05, 3.63) is 6.42 Å². The lowest BCUT2D eigenvalue weighted by Crippen LogP contribution is -2.43. The van der Waals surface area contributed by atoms with Gasteiger partial charge in [-0.3, -0.25) is 0 Å². The van der Waals surface area contributed by atoms with E-state index in [9.17, 15) is 0 Å². The molecule has 1 heteroatoms. The van der Waals surface area contributed by atoms with Crippen LogP contribution in [0.5, 0.6) is 0 Å². The SMILES string of the molecule is [CH]1C2CC1S2. The predicted molar refractivity (Wildman–Crippen MR) is 24.1 cm³/mol. The third-order valence-electron chi connectivity index (χ3n) is 1.24. The van der Waals surface area contributed by atoms with Crippen LogP contribution in [0.3, 0.4) is 0 Å². The Balaban J connectivity index is 2.19. The smallest absolute Gasteiger partial charge is 0.0103 e. The van der Waals surface area contributed by atoms with Crippen LogP contribution >= 0.6 is 11.8 Å². The molecule has 0 aromatic heterocycles. The van der Waals surface area contributed by atoms with E-state index in [0.717, 1.165) is 10.5 Å². The molecule has 2 bridgehead atoms. The van der Waals surface area contributed by atoms with Crippen LogP contribution in [0.4, 0.5) is 0 Å². The zero-order chi connectivity index (χ0) is 3.28. The lowest BCUT2D eigenvalue weighted by molar-refractivity contribution is 0.621. The number of hydrogen-bond acceptors (Lipinski definition) is 1. The van der Waals surface area contributed by atoms with Gasteiger partial charge in [0, 0.05) is 10.5 Å². The second-order valence-corrected chi connectivity index (χ2v) is 3.12. The van der Waals surface area contributed by atoms with Crippen LogP contribution < -0.4 is 0 Å². The first-order valence-electron chi connectivity index (χ1n) is 1.95. The fraction of sp³-hybridized carbons (Fsp3) is 0.750. The van der Waals surface area contributed by atoms with Crippen LogP contribution in [0.2, 0.25) is 0 Å². The van der Waals surface area contributed by atoms with Crippen molar-refractivity contribution < 1.29 is 0 Å². The van der Waals surface area contributed by atoms with Gasteiger partial charge in [-0.05, 0) is 12.8 Å². The summed E-state index contributed by atoms with van der Waals surface area (Å²) in [6, 6.07) is 0. The van der Waals surface area contributed by atoms with E-state index in [0.29, 0.717) is 0 Å². The molecule has 3 rings (SSSR count). The Morgan fingerprint density at radius 1 is 1.60 bits per heavy atom. The molecular weight excluding hydrogens is 80.1 g/mol. The van der Waals surface area contributed by atoms with Gasteiger partial charge in [-0.2, -0.15) is 11.8 Å². The van der Waals surface area contributed by atoms with E-state index in [4.69, 9.17) is 0 Å². The van der Waals surface area contributed by atoms with Gasteiger partial charge in [-0.15, -0.1) is 0 Å². The first-order chi connectivity index (χ1) is 2.45. The second kappa shape index (κ2) is 0.558. The van der Waals surface area contributed by atoms with Crippen molar-refractivity contribution in [1.82, 2.24) is 0 Å². The quantitative estimate of drug-likeness (QED) is 0.424. The van der Waals surface area contributed by atoms with Gasteiger partial charge in [0.25, 0.3) is 0 Å². The van der Waals surface area contributed by atoms with Gasteiger partial charge in [-0.1, -0.05) is 0 Å². The van der Waals surface area contributed by atoms with Crippen LogP contribution in [0.1, 0.15) is 6.42 Å². The van der Waals surface area contributed by atoms with Gasteiger partial charge in [0.1, 0.15) is 0 Å². The summed E-state index contributed by atoms with van der Waals surface area (Å²) in [6.07, 6.45) is 3.90. The molecule has 2 heterocycles. The van der Waals surface area contributed by atoms with Crippen LogP contribution in [0.25, 0.3) is 0 Å². The van der Waals surface area contributed by atoms with Gasteiger partial charge < -0.3 is 0 Å². The molecule has 5 heavy (non-hydrogen) atoms. The molecule has 2 aliphatic heterocycles. The summed E-state index contributed by atoms with van der Waals surface area (Å²) in [7, 11) is 0. The molecule has 0 nitrogen and oxygen atoms in total. The van der Waals surface area contributed by atoms with E-state index in [2.05, 4.69) is 18.2 Å². The van der Waals surface area contributed by atoms with Gasteiger partial charge >= 0.3 is 0 Å². The molecule has 1 aliphatic carbocycles. The molecule has 3 aliphatic rings. The minimum Gasteiger partial charge on any atom is -0.154 e. The second-order valence-electron chi connectivity index (χ2n) is 1.64. The Hall–Kier alpha value is 0.350. The minimum atomic E-state index is 1.000. The topological polar surface area (TPSA) is 0 Å². The van der Waals surface area contributed by atoms with Crippen LogP contribution in [-0.2, 0) is 0 Å². The molecule has 1 radical (unpaired) electrons. The fourth-order valence-corrected chi connectivity index (χ4v) is 1.66. The highest BCUT2D eigenvalue weighted by molar-refractivity contribution is 8.03. The molecular formula is C4H5S. The molecule has 0 spiro atoms. The average molecular weight is 85.2 g/mol. The highest BCUT2D eigenvalue weighted by Gasteiger charge is 2.42. The normalized spacial score (nSPS) is 57.6. The molecule has 2 unspecified atom stereocenters. The minimum absolute atomic E-state index is 1.000. The van der Waals surface area contributed by atoms with Crippen molar-refractivity contribution >= 4 is 11.8 Å². The molecule has 1 saturated carbocycles. The molecule has 0 aromatic carbocycles. The number of thioether (sulfide) groups is 1. The lowest BCUT2D eigenvalue weighted by atomic mass is 9.97. The van der Waals surface area contributed by atoms with E-state index in [1.807, 2.05) is 0 Å². The highest BCUT2D eigenvalue weighted by Crippen LogP contribution is 2.52. The van der Waals surface area contributed by atoms with Gasteiger partial charge in [0.15, 0.2) is 0 Å². The largest absolute Gasteiger partial charge is 0.154 e. The average Bonchev–Trinajstić information content (AvgIpc) is 0.592. The molecule has 0 amide bonds. The van der Waals surface area contributed by atoms with Crippen molar-refractivity contribution in [2.45, 2.75) is 16.9 Å². The number of hydrogen-bond donors (Lipinski definition) is 0. The summed E-state index contributed by atoms with van der Waals surface area (Å²) in [5, 5.41) is 2.00. The maximum atomic E-state index is 2.41.